The molecule has 0 spiro atoms. The van der Waals surface area contributed by atoms with Crippen molar-refractivity contribution in [2.45, 2.75) is 13.3 Å². The summed E-state index contributed by atoms with van der Waals surface area (Å²) in [6, 6.07) is 4.96. The number of nitrogens with zero attached hydrogens (tertiary/aromatic N) is 1. The molecule has 23 heavy (non-hydrogen) atoms. The third-order valence-electron chi connectivity index (χ3n) is 3.55. The molecule has 1 heterocycles. The molecular formula is C15H20FN2O4P. The Kier molecular flexibility index (Phi) is 5.59. The molecule has 0 aliphatic rings. The highest BCUT2D eigenvalue weighted by atomic mass is 31.2. The lowest BCUT2D eigenvalue weighted by Crippen LogP contribution is -2.25. The first kappa shape index (κ1) is 17.7. The maximum atomic E-state index is 12.9. The molecule has 1 aromatic carbocycles. The van der Waals surface area contributed by atoms with Crippen LogP contribution in [0.15, 0.2) is 30.9 Å². The van der Waals surface area contributed by atoms with Gasteiger partial charge in [-0.05, 0) is 31.0 Å². The Balaban J connectivity index is 2.36. The van der Waals surface area contributed by atoms with Crippen molar-refractivity contribution in [2.24, 2.45) is 0 Å². The van der Waals surface area contributed by atoms with Gasteiger partial charge < -0.3 is 9.51 Å². The summed E-state index contributed by atoms with van der Waals surface area (Å²) in [7, 11) is -4.65. The number of hydrogen-bond acceptors (Lipinski definition) is 3. The minimum Gasteiger partial charge on any atom is -0.404 e. The Morgan fingerprint density at radius 2 is 2.22 bits per heavy atom. The zero-order chi connectivity index (χ0) is 17.0. The summed E-state index contributed by atoms with van der Waals surface area (Å²) in [5.74, 6) is 0.116. The first-order valence-corrected chi connectivity index (χ1v) is 8.63. The Morgan fingerprint density at radius 3 is 2.83 bits per heavy atom. The number of alkyl halides is 1. The Hall–Kier alpha value is -1.66. The molecule has 0 fully saturated rings. The largest absolute Gasteiger partial charge is 0.524 e. The molecule has 3 N–H and O–H groups in total. The predicted octanol–water partition coefficient (Wildman–Crippen LogP) is 2.91. The van der Waals surface area contributed by atoms with Gasteiger partial charge in [-0.25, -0.2) is 8.96 Å². The maximum Gasteiger partial charge on any atom is 0.524 e. The van der Waals surface area contributed by atoms with Crippen LogP contribution in [0.25, 0.3) is 10.9 Å². The van der Waals surface area contributed by atoms with Crippen molar-refractivity contribution in [1.82, 2.24) is 9.88 Å². The standard InChI is InChI=1S/C15H20FN2O4P/c1-3-8-18(10-16)9-7-12-11(2)17-13-5-4-6-14(15(12)13)22-23(19,20)21/h3-6,17H,1,7-10H2,2H3,(H2,19,20,21). The molecule has 126 valence electrons. The molecule has 0 radical (unpaired) electrons. The summed E-state index contributed by atoms with van der Waals surface area (Å²) < 4.78 is 28.9. The number of aryl methyl sites for hydroxylation is 1. The van der Waals surface area contributed by atoms with Gasteiger partial charge in [0.2, 0.25) is 0 Å². The van der Waals surface area contributed by atoms with E-state index in [-0.39, 0.29) is 5.75 Å². The van der Waals surface area contributed by atoms with E-state index in [0.29, 0.717) is 24.9 Å². The molecule has 0 aliphatic heterocycles. The number of aromatic nitrogens is 1. The van der Waals surface area contributed by atoms with Crippen molar-refractivity contribution in [2.75, 3.05) is 19.9 Å². The van der Waals surface area contributed by atoms with Crippen LogP contribution < -0.4 is 4.52 Å². The molecular weight excluding hydrogens is 322 g/mol. The highest BCUT2D eigenvalue weighted by molar-refractivity contribution is 7.46. The zero-order valence-electron chi connectivity index (χ0n) is 12.8. The van der Waals surface area contributed by atoms with Crippen LogP contribution in [0.5, 0.6) is 5.75 Å². The van der Waals surface area contributed by atoms with Gasteiger partial charge in [-0.3, -0.25) is 14.7 Å². The van der Waals surface area contributed by atoms with Crippen molar-refractivity contribution in [3.63, 3.8) is 0 Å². The number of rotatable bonds is 8. The van der Waals surface area contributed by atoms with E-state index in [0.717, 1.165) is 16.8 Å². The van der Waals surface area contributed by atoms with E-state index in [2.05, 4.69) is 11.6 Å². The first-order valence-electron chi connectivity index (χ1n) is 7.10. The van der Waals surface area contributed by atoms with Crippen LogP contribution in [0.2, 0.25) is 0 Å². The van der Waals surface area contributed by atoms with E-state index in [1.807, 2.05) is 6.92 Å². The van der Waals surface area contributed by atoms with Crippen LogP contribution in [-0.4, -0.2) is 39.6 Å². The van der Waals surface area contributed by atoms with E-state index in [1.54, 1.807) is 23.1 Å². The smallest absolute Gasteiger partial charge is 0.404 e. The Labute approximate surface area is 133 Å². The number of aromatic amines is 1. The minimum absolute atomic E-state index is 0.116. The fourth-order valence-corrected chi connectivity index (χ4v) is 2.99. The Morgan fingerprint density at radius 1 is 1.48 bits per heavy atom. The first-order chi connectivity index (χ1) is 10.9. The zero-order valence-corrected chi connectivity index (χ0v) is 13.7. The molecule has 2 aromatic rings. The van der Waals surface area contributed by atoms with Crippen molar-refractivity contribution >= 4 is 18.7 Å². The summed E-state index contributed by atoms with van der Waals surface area (Å²) >= 11 is 0. The number of phosphoric acid groups is 1. The quantitative estimate of drug-likeness (QED) is 0.390. The number of nitrogens with one attached hydrogen (secondary N) is 1. The average molecular weight is 342 g/mol. The van der Waals surface area contributed by atoms with E-state index in [1.165, 1.54) is 6.07 Å². The van der Waals surface area contributed by atoms with E-state index in [9.17, 15) is 8.96 Å². The monoisotopic (exact) mass is 342 g/mol. The molecule has 1 aromatic heterocycles. The SMILES string of the molecule is C=CCN(CF)CCc1c(C)[nH]c2cccc(OP(=O)(O)O)c12. The summed E-state index contributed by atoms with van der Waals surface area (Å²) in [4.78, 5) is 22.9. The molecule has 0 amide bonds. The number of hydrogen-bond donors (Lipinski definition) is 3. The minimum atomic E-state index is -4.65. The molecule has 0 saturated carbocycles. The van der Waals surface area contributed by atoms with Gasteiger partial charge in [-0.15, -0.1) is 6.58 Å². The summed E-state index contributed by atoms with van der Waals surface area (Å²) in [6.07, 6.45) is 2.15. The van der Waals surface area contributed by atoms with Crippen molar-refractivity contribution < 1.29 is 23.3 Å². The van der Waals surface area contributed by atoms with Gasteiger partial charge in [0, 0.05) is 29.7 Å². The van der Waals surface area contributed by atoms with Crippen molar-refractivity contribution in [3.05, 3.63) is 42.1 Å². The maximum absolute atomic E-state index is 12.9. The number of halogens is 1. The van der Waals surface area contributed by atoms with Crippen LogP contribution in [0, 0.1) is 6.92 Å². The number of H-pyrrole nitrogens is 1. The molecule has 0 saturated heterocycles. The van der Waals surface area contributed by atoms with Gasteiger partial charge in [-0.2, -0.15) is 0 Å². The van der Waals surface area contributed by atoms with Crippen LogP contribution >= 0.6 is 7.82 Å². The second-order valence-electron chi connectivity index (χ2n) is 5.22. The van der Waals surface area contributed by atoms with Crippen LogP contribution in [0.3, 0.4) is 0 Å². The van der Waals surface area contributed by atoms with Crippen LogP contribution in [0.1, 0.15) is 11.3 Å². The van der Waals surface area contributed by atoms with Crippen LogP contribution in [0.4, 0.5) is 4.39 Å². The van der Waals surface area contributed by atoms with Gasteiger partial charge in [0.25, 0.3) is 0 Å². The van der Waals surface area contributed by atoms with Gasteiger partial charge in [0.05, 0.1) is 0 Å². The topological polar surface area (TPSA) is 85.8 Å². The summed E-state index contributed by atoms with van der Waals surface area (Å²) in [5.41, 5.74) is 2.43. The number of benzene rings is 1. The van der Waals surface area contributed by atoms with Gasteiger partial charge >= 0.3 is 7.82 Å². The highest BCUT2D eigenvalue weighted by Gasteiger charge is 2.21. The number of phosphoric ester groups is 1. The lowest BCUT2D eigenvalue weighted by molar-refractivity contribution is 0.206. The molecule has 0 atom stereocenters. The summed E-state index contributed by atoms with van der Waals surface area (Å²) in [6.45, 7) is 5.77. The van der Waals surface area contributed by atoms with E-state index < -0.39 is 14.6 Å². The van der Waals surface area contributed by atoms with E-state index in [4.69, 9.17) is 14.3 Å². The highest BCUT2D eigenvalue weighted by Crippen LogP contribution is 2.42. The van der Waals surface area contributed by atoms with Crippen molar-refractivity contribution in [1.29, 1.82) is 0 Å². The molecule has 6 nitrogen and oxygen atoms in total. The third-order valence-corrected chi connectivity index (χ3v) is 3.99. The van der Waals surface area contributed by atoms with Gasteiger partial charge in [0.1, 0.15) is 12.5 Å². The van der Waals surface area contributed by atoms with Gasteiger partial charge in [-0.1, -0.05) is 12.1 Å². The van der Waals surface area contributed by atoms with Crippen molar-refractivity contribution in [3.8, 4) is 5.75 Å². The molecule has 8 heteroatoms. The lowest BCUT2D eigenvalue weighted by atomic mass is 10.1. The van der Waals surface area contributed by atoms with E-state index >= 15 is 0 Å². The normalized spacial score (nSPS) is 12.0. The molecule has 0 unspecified atom stereocenters. The average Bonchev–Trinajstić information content (AvgIpc) is 2.78. The lowest BCUT2D eigenvalue weighted by Gasteiger charge is -2.16. The fourth-order valence-electron chi connectivity index (χ4n) is 2.58. The summed E-state index contributed by atoms with van der Waals surface area (Å²) in [5, 5.41) is 0.616. The second-order valence-corrected chi connectivity index (χ2v) is 6.39. The molecule has 0 aliphatic carbocycles. The molecule has 2 rings (SSSR count). The predicted molar refractivity (Wildman–Crippen MR) is 87.2 cm³/mol. The molecule has 0 bridgehead atoms. The second kappa shape index (κ2) is 7.27. The fraction of sp³-hybridized carbons (Fsp3) is 0.333. The number of fused-ring (bicyclic) bond motifs is 1. The third kappa shape index (κ3) is 4.42. The Bertz CT molecular complexity index is 740. The van der Waals surface area contributed by atoms with Crippen LogP contribution in [-0.2, 0) is 11.0 Å². The van der Waals surface area contributed by atoms with Gasteiger partial charge in [0.15, 0.2) is 0 Å².